The van der Waals surface area contributed by atoms with Crippen molar-refractivity contribution in [2.24, 2.45) is 5.92 Å². The van der Waals surface area contributed by atoms with E-state index in [1.54, 1.807) is 24.3 Å². The minimum atomic E-state index is -4.65. The number of hydrogen-bond donors (Lipinski definition) is 1. The number of Topliss-reactive ketones (excluding diaryl/α,β-unsaturated/α-hetero) is 1. The molecule has 2 aromatic rings. The van der Waals surface area contributed by atoms with Crippen LogP contribution >= 0.6 is 0 Å². The first-order chi connectivity index (χ1) is 11.8. The van der Waals surface area contributed by atoms with Gasteiger partial charge in [0.1, 0.15) is 6.04 Å². The highest BCUT2D eigenvalue weighted by Gasteiger charge is 2.42. The van der Waals surface area contributed by atoms with E-state index in [0.29, 0.717) is 29.7 Å². The van der Waals surface area contributed by atoms with E-state index in [9.17, 15) is 18.0 Å². The summed E-state index contributed by atoms with van der Waals surface area (Å²) in [5, 5.41) is 6.56. The van der Waals surface area contributed by atoms with Gasteiger partial charge in [0.2, 0.25) is 5.95 Å². The summed E-state index contributed by atoms with van der Waals surface area (Å²) in [7, 11) is 0. The van der Waals surface area contributed by atoms with E-state index in [1.807, 2.05) is 13.0 Å². The molecule has 0 bridgehead atoms. The lowest BCUT2D eigenvalue weighted by Crippen LogP contribution is -2.33. The molecule has 0 saturated carbocycles. The number of allylic oxidation sites excluding steroid dienone is 2. The molecule has 2 aliphatic rings. The molecule has 1 N–H and O–H groups in total. The van der Waals surface area contributed by atoms with Crippen LogP contribution in [0.3, 0.4) is 0 Å². The topological polar surface area (TPSA) is 59.8 Å². The number of ketones is 1. The Hall–Kier alpha value is -2.64. The number of aromatic nitrogens is 3. The summed E-state index contributed by atoms with van der Waals surface area (Å²) < 4.78 is 40.4. The lowest BCUT2D eigenvalue weighted by molar-refractivity contribution is -0.145. The maximum absolute atomic E-state index is 13.1. The lowest BCUT2D eigenvalue weighted by atomic mass is 9.81. The van der Waals surface area contributed by atoms with Crippen molar-refractivity contribution in [2.45, 2.75) is 32.0 Å². The summed E-state index contributed by atoms with van der Waals surface area (Å²) in [5.41, 5.74) is 1.83. The molecule has 0 saturated heterocycles. The maximum Gasteiger partial charge on any atom is 0.453 e. The van der Waals surface area contributed by atoms with Crippen molar-refractivity contribution < 1.29 is 18.0 Å². The van der Waals surface area contributed by atoms with E-state index in [-0.39, 0.29) is 17.6 Å². The van der Waals surface area contributed by atoms with Crippen LogP contribution in [-0.2, 0) is 11.0 Å². The molecule has 8 heteroatoms. The van der Waals surface area contributed by atoms with Crippen LogP contribution in [0.15, 0.2) is 41.6 Å². The third-order valence-corrected chi connectivity index (χ3v) is 4.49. The van der Waals surface area contributed by atoms with Crippen LogP contribution in [-0.4, -0.2) is 20.5 Å². The Bertz CT molecular complexity index is 870. The van der Waals surface area contributed by atoms with Gasteiger partial charge in [-0.25, -0.2) is 4.68 Å². The molecule has 130 valence electrons. The molecule has 25 heavy (non-hydrogen) atoms. The van der Waals surface area contributed by atoms with Crippen LogP contribution in [0.25, 0.3) is 0 Å². The Labute approximate surface area is 141 Å². The van der Waals surface area contributed by atoms with Gasteiger partial charge in [-0.05, 0) is 17.9 Å². The molecule has 0 fully saturated rings. The van der Waals surface area contributed by atoms with Crippen molar-refractivity contribution in [3.05, 3.63) is 53.0 Å². The van der Waals surface area contributed by atoms with Gasteiger partial charge in [0, 0.05) is 17.7 Å². The Kier molecular flexibility index (Phi) is 3.45. The van der Waals surface area contributed by atoms with Crippen LogP contribution in [0, 0.1) is 5.92 Å². The minimum Gasteiger partial charge on any atom is -0.328 e. The second-order valence-electron chi connectivity index (χ2n) is 6.47. The van der Waals surface area contributed by atoms with Gasteiger partial charge >= 0.3 is 6.18 Å². The molecule has 1 aliphatic heterocycles. The van der Waals surface area contributed by atoms with Crippen molar-refractivity contribution in [2.75, 3.05) is 5.32 Å². The summed E-state index contributed by atoms with van der Waals surface area (Å²) in [6, 6.07) is 8.25. The van der Waals surface area contributed by atoms with Crippen molar-refractivity contribution in [3.8, 4) is 0 Å². The van der Waals surface area contributed by atoms with E-state index in [2.05, 4.69) is 15.4 Å². The highest BCUT2D eigenvalue weighted by molar-refractivity contribution is 5.99. The van der Waals surface area contributed by atoms with Gasteiger partial charge < -0.3 is 5.32 Å². The second kappa shape index (κ2) is 5.44. The Morgan fingerprint density at radius 2 is 1.92 bits per heavy atom. The largest absolute Gasteiger partial charge is 0.453 e. The molecule has 1 aromatic heterocycles. The lowest BCUT2D eigenvalue weighted by Gasteiger charge is -2.34. The number of halogens is 3. The van der Waals surface area contributed by atoms with Crippen LogP contribution < -0.4 is 5.32 Å². The number of nitrogens with zero attached hydrogens (tertiary/aromatic N) is 3. The third kappa shape index (κ3) is 2.61. The number of benzene rings is 1. The predicted octanol–water partition coefficient (Wildman–Crippen LogP) is 3.56. The highest BCUT2D eigenvalue weighted by Crippen LogP contribution is 2.42. The Balaban J connectivity index is 1.91. The average molecular weight is 348 g/mol. The second-order valence-corrected chi connectivity index (χ2v) is 6.47. The molecule has 1 aromatic carbocycles. The van der Waals surface area contributed by atoms with Crippen molar-refractivity contribution >= 4 is 11.7 Å². The standard InChI is InChI=1S/C17H15F3N4O/c1-9-7-11-13(12(25)8-9)14(10-5-3-2-4-6-10)24-16(21-11)22-15(23-24)17(18,19)20/h2-6,9,14H,7-8H2,1H3,(H,21,22,23). The smallest absolute Gasteiger partial charge is 0.328 e. The molecule has 1 aliphatic carbocycles. The normalized spacial score (nSPS) is 23.1. The molecule has 2 heterocycles. The summed E-state index contributed by atoms with van der Waals surface area (Å²) >= 11 is 0. The van der Waals surface area contributed by atoms with Crippen molar-refractivity contribution in [1.82, 2.24) is 14.8 Å². The SMILES string of the molecule is CC1CC(=O)C2=C(C1)Nc1nc(C(F)(F)F)nn1C2c1ccccc1. The van der Waals surface area contributed by atoms with E-state index >= 15 is 0 Å². The molecule has 0 amide bonds. The fraction of sp³-hybridized carbons (Fsp3) is 0.353. The van der Waals surface area contributed by atoms with Crippen LogP contribution in [0.1, 0.15) is 37.2 Å². The van der Waals surface area contributed by atoms with E-state index in [0.717, 1.165) is 0 Å². The molecule has 0 spiro atoms. The van der Waals surface area contributed by atoms with Crippen LogP contribution in [0.2, 0.25) is 0 Å². The monoisotopic (exact) mass is 348 g/mol. The minimum absolute atomic E-state index is 0.0156. The molecule has 4 rings (SSSR count). The average Bonchev–Trinajstić information content (AvgIpc) is 2.97. The molecule has 2 unspecified atom stereocenters. The molecular formula is C17H15F3N4O. The fourth-order valence-electron chi connectivity index (χ4n) is 3.47. The number of carbonyl (C=O) groups is 1. The van der Waals surface area contributed by atoms with Crippen molar-refractivity contribution in [1.29, 1.82) is 0 Å². The number of alkyl halides is 3. The highest BCUT2D eigenvalue weighted by atomic mass is 19.4. The van der Waals surface area contributed by atoms with Gasteiger partial charge in [0.25, 0.3) is 5.82 Å². The first-order valence-electron chi connectivity index (χ1n) is 7.96. The summed E-state index contributed by atoms with van der Waals surface area (Å²) in [5.74, 6) is -1.13. The fourth-order valence-corrected chi connectivity index (χ4v) is 3.47. The van der Waals surface area contributed by atoms with Gasteiger partial charge in [-0.2, -0.15) is 18.2 Å². The van der Waals surface area contributed by atoms with Gasteiger partial charge in [-0.1, -0.05) is 37.3 Å². The Morgan fingerprint density at radius 1 is 1.20 bits per heavy atom. The molecule has 0 radical (unpaired) electrons. The molecule has 5 nitrogen and oxygen atoms in total. The van der Waals surface area contributed by atoms with Gasteiger partial charge in [0.05, 0.1) is 0 Å². The van der Waals surface area contributed by atoms with Crippen LogP contribution in [0.5, 0.6) is 0 Å². The number of rotatable bonds is 1. The maximum atomic E-state index is 13.1. The quantitative estimate of drug-likeness (QED) is 0.856. The zero-order valence-electron chi connectivity index (χ0n) is 13.3. The summed E-state index contributed by atoms with van der Waals surface area (Å²) in [6.45, 7) is 1.95. The van der Waals surface area contributed by atoms with Crippen molar-refractivity contribution in [3.63, 3.8) is 0 Å². The third-order valence-electron chi connectivity index (χ3n) is 4.49. The predicted molar refractivity (Wildman–Crippen MR) is 83.7 cm³/mol. The van der Waals surface area contributed by atoms with Crippen LogP contribution in [0.4, 0.5) is 19.1 Å². The zero-order valence-corrected chi connectivity index (χ0v) is 13.3. The van der Waals surface area contributed by atoms with Gasteiger partial charge in [-0.15, -0.1) is 5.10 Å². The number of anilines is 1. The number of hydrogen-bond acceptors (Lipinski definition) is 4. The first-order valence-corrected chi connectivity index (χ1v) is 7.96. The number of nitrogens with one attached hydrogen (secondary N) is 1. The van der Waals surface area contributed by atoms with E-state index in [4.69, 9.17) is 0 Å². The number of fused-ring (bicyclic) bond motifs is 1. The van der Waals surface area contributed by atoms with E-state index in [1.165, 1.54) is 4.68 Å². The Morgan fingerprint density at radius 3 is 2.60 bits per heavy atom. The number of carbonyl (C=O) groups excluding carboxylic acids is 1. The van der Waals surface area contributed by atoms with E-state index < -0.39 is 18.0 Å². The van der Waals surface area contributed by atoms with Gasteiger partial charge in [0.15, 0.2) is 5.78 Å². The molecular weight excluding hydrogens is 333 g/mol. The first kappa shape index (κ1) is 15.9. The zero-order chi connectivity index (χ0) is 17.8. The summed E-state index contributed by atoms with van der Waals surface area (Å²) in [6.07, 6.45) is -3.68. The van der Waals surface area contributed by atoms with Gasteiger partial charge in [-0.3, -0.25) is 4.79 Å². The summed E-state index contributed by atoms with van der Waals surface area (Å²) in [4.78, 5) is 16.3. The molecule has 2 atom stereocenters.